The van der Waals surface area contributed by atoms with Gasteiger partial charge in [0.1, 0.15) is 11.0 Å². The third kappa shape index (κ3) is 2.31. The molecule has 0 aliphatic heterocycles. The smallest absolute Gasteiger partial charge is 0.265 e. The molecule has 0 aromatic carbocycles. The van der Waals surface area contributed by atoms with Crippen LogP contribution in [-0.2, 0) is 17.1 Å². The number of pyridine rings is 1. The molecule has 0 unspecified atom stereocenters. The number of hydrogen-bond donors (Lipinski definition) is 1. The van der Waals surface area contributed by atoms with E-state index in [4.69, 9.17) is 5.26 Å². The van der Waals surface area contributed by atoms with Gasteiger partial charge in [0, 0.05) is 25.5 Å². The zero-order valence-electron chi connectivity index (χ0n) is 9.40. The summed E-state index contributed by atoms with van der Waals surface area (Å²) in [7, 11) is -2.18. The SMILES string of the molecule is Cn1ccc(NS(=O)(=O)c2cccnc2C#N)n1. The van der Waals surface area contributed by atoms with Gasteiger partial charge in [0.05, 0.1) is 0 Å². The lowest BCUT2D eigenvalue weighted by atomic mass is 10.4. The van der Waals surface area contributed by atoms with Crippen molar-refractivity contribution < 1.29 is 8.42 Å². The van der Waals surface area contributed by atoms with E-state index in [2.05, 4.69) is 14.8 Å². The molecule has 2 aromatic heterocycles. The van der Waals surface area contributed by atoms with Crippen molar-refractivity contribution in [2.75, 3.05) is 4.72 Å². The van der Waals surface area contributed by atoms with E-state index in [1.807, 2.05) is 0 Å². The first-order valence-corrected chi connectivity index (χ1v) is 6.39. The average Bonchev–Trinajstić information content (AvgIpc) is 2.74. The molecule has 0 bridgehead atoms. The fraction of sp³-hybridized carbons (Fsp3) is 0.100. The Morgan fingerprint density at radius 2 is 2.22 bits per heavy atom. The maximum absolute atomic E-state index is 12.0. The van der Waals surface area contributed by atoms with E-state index < -0.39 is 10.0 Å². The van der Waals surface area contributed by atoms with E-state index in [0.717, 1.165) is 0 Å². The van der Waals surface area contributed by atoms with Crippen LogP contribution in [0.4, 0.5) is 5.82 Å². The molecule has 18 heavy (non-hydrogen) atoms. The summed E-state index contributed by atoms with van der Waals surface area (Å²) in [6.45, 7) is 0. The van der Waals surface area contributed by atoms with Crippen molar-refractivity contribution in [2.24, 2.45) is 7.05 Å². The summed E-state index contributed by atoms with van der Waals surface area (Å²) in [5, 5.41) is 12.7. The fourth-order valence-corrected chi connectivity index (χ4v) is 2.46. The van der Waals surface area contributed by atoms with E-state index in [9.17, 15) is 8.42 Å². The highest BCUT2D eigenvalue weighted by Crippen LogP contribution is 2.16. The van der Waals surface area contributed by atoms with Crippen LogP contribution in [0.1, 0.15) is 5.69 Å². The van der Waals surface area contributed by atoms with E-state index in [1.54, 1.807) is 19.3 Å². The summed E-state index contributed by atoms with van der Waals surface area (Å²) >= 11 is 0. The molecule has 0 fully saturated rings. The molecule has 0 aliphatic rings. The predicted octanol–water partition coefficient (Wildman–Crippen LogP) is 0.488. The van der Waals surface area contributed by atoms with Crippen LogP contribution in [0.5, 0.6) is 0 Å². The molecule has 92 valence electrons. The Balaban J connectivity index is 2.40. The van der Waals surface area contributed by atoms with Gasteiger partial charge in [0.25, 0.3) is 10.0 Å². The van der Waals surface area contributed by atoms with Gasteiger partial charge >= 0.3 is 0 Å². The maximum atomic E-state index is 12.0. The normalized spacial score (nSPS) is 10.9. The first-order valence-electron chi connectivity index (χ1n) is 4.90. The van der Waals surface area contributed by atoms with Crippen LogP contribution in [0, 0.1) is 11.3 Å². The highest BCUT2D eigenvalue weighted by Gasteiger charge is 2.20. The van der Waals surface area contributed by atoms with E-state index in [1.165, 1.54) is 29.1 Å². The zero-order valence-corrected chi connectivity index (χ0v) is 10.2. The summed E-state index contributed by atoms with van der Waals surface area (Å²) in [5.41, 5.74) is -0.152. The van der Waals surface area contributed by atoms with Gasteiger partial charge in [-0.05, 0) is 12.1 Å². The van der Waals surface area contributed by atoms with E-state index in [-0.39, 0.29) is 16.4 Å². The van der Waals surface area contributed by atoms with Gasteiger partial charge in [-0.15, -0.1) is 0 Å². The summed E-state index contributed by atoms with van der Waals surface area (Å²) in [6.07, 6.45) is 2.96. The first kappa shape index (κ1) is 12.1. The van der Waals surface area contributed by atoms with Crippen molar-refractivity contribution in [1.82, 2.24) is 14.8 Å². The van der Waals surface area contributed by atoms with Crippen molar-refractivity contribution in [2.45, 2.75) is 4.90 Å². The second-order valence-electron chi connectivity index (χ2n) is 3.44. The first-order chi connectivity index (χ1) is 8.53. The van der Waals surface area contributed by atoms with Crippen molar-refractivity contribution in [3.63, 3.8) is 0 Å². The van der Waals surface area contributed by atoms with Crippen LogP contribution in [0.3, 0.4) is 0 Å². The summed E-state index contributed by atoms with van der Waals surface area (Å²) in [5.74, 6) is 0.185. The number of nitriles is 1. The number of rotatable bonds is 3. The van der Waals surface area contributed by atoms with E-state index in [0.29, 0.717) is 0 Å². The summed E-state index contributed by atoms with van der Waals surface area (Å²) in [6, 6.07) is 6.02. The maximum Gasteiger partial charge on any atom is 0.265 e. The zero-order chi connectivity index (χ0) is 13.2. The van der Waals surface area contributed by atoms with Gasteiger partial charge in [0.2, 0.25) is 0 Å². The molecule has 0 spiro atoms. The number of nitrogens with zero attached hydrogens (tertiary/aromatic N) is 4. The Morgan fingerprint density at radius 1 is 1.44 bits per heavy atom. The van der Waals surface area contributed by atoms with Gasteiger partial charge in [-0.2, -0.15) is 10.4 Å². The van der Waals surface area contributed by atoms with E-state index >= 15 is 0 Å². The average molecular weight is 263 g/mol. The lowest BCUT2D eigenvalue weighted by molar-refractivity contribution is 0.600. The van der Waals surface area contributed by atoms with Crippen molar-refractivity contribution in [1.29, 1.82) is 5.26 Å². The third-order valence-electron chi connectivity index (χ3n) is 2.12. The molecule has 7 nitrogen and oxygen atoms in total. The van der Waals surface area contributed by atoms with Crippen molar-refractivity contribution >= 4 is 15.8 Å². The molecule has 0 radical (unpaired) electrons. The van der Waals surface area contributed by atoms with Gasteiger partial charge in [-0.3, -0.25) is 9.40 Å². The fourth-order valence-electron chi connectivity index (χ4n) is 1.35. The monoisotopic (exact) mass is 263 g/mol. The van der Waals surface area contributed by atoms with Crippen LogP contribution in [0.15, 0.2) is 35.5 Å². The number of nitrogens with one attached hydrogen (secondary N) is 1. The van der Waals surface area contributed by atoms with Crippen molar-refractivity contribution in [3.05, 3.63) is 36.3 Å². The molecule has 0 saturated heterocycles. The third-order valence-corrected chi connectivity index (χ3v) is 3.50. The largest absolute Gasteiger partial charge is 0.274 e. The van der Waals surface area contributed by atoms with Crippen LogP contribution >= 0.6 is 0 Å². The lowest BCUT2D eigenvalue weighted by Gasteiger charge is -2.05. The molecular weight excluding hydrogens is 254 g/mol. The Labute approximate surface area is 104 Å². The Kier molecular flexibility index (Phi) is 2.99. The standard InChI is InChI=1S/C10H9N5O2S/c1-15-6-4-10(13-15)14-18(16,17)9-3-2-5-12-8(9)7-11/h2-6H,1H3,(H,13,14). The number of aryl methyl sites for hydroxylation is 1. The Morgan fingerprint density at radius 3 is 2.83 bits per heavy atom. The second-order valence-corrected chi connectivity index (χ2v) is 5.09. The Bertz CT molecular complexity index is 714. The molecular formula is C10H9N5O2S. The van der Waals surface area contributed by atoms with Crippen LogP contribution < -0.4 is 4.72 Å². The molecule has 2 aromatic rings. The highest BCUT2D eigenvalue weighted by molar-refractivity contribution is 7.92. The van der Waals surface area contributed by atoms with Crippen LogP contribution in [-0.4, -0.2) is 23.2 Å². The lowest BCUT2D eigenvalue weighted by Crippen LogP contribution is -2.15. The topological polar surface area (TPSA) is 101 Å². The summed E-state index contributed by atoms with van der Waals surface area (Å²) in [4.78, 5) is 3.54. The molecule has 0 atom stereocenters. The molecule has 8 heteroatoms. The predicted molar refractivity (Wildman–Crippen MR) is 63.0 cm³/mol. The number of hydrogen-bond acceptors (Lipinski definition) is 5. The number of aromatic nitrogens is 3. The van der Waals surface area contributed by atoms with Gasteiger partial charge in [0.15, 0.2) is 11.5 Å². The molecule has 0 saturated carbocycles. The summed E-state index contributed by atoms with van der Waals surface area (Å²) < 4.78 is 27.8. The second kappa shape index (κ2) is 4.46. The molecule has 0 aliphatic carbocycles. The quantitative estimate of drug-likeness (QED) is 0.868. The molecule has 2 heterocycles. The van der Waals surface area contributed by atoms with Gasteiger partial charge < -0.3 is 0 Å². The van der Waals surface area contributed by atoms with Crippen molar-refractivity contribution in [3.8, 4) is 6.07 Å². The van der Waals surface area contributed by atoms with Crippen LogP contribution in [0.2, 0.25) is 0 Å². The van der Waals surface area contributed by atoms with Crippen LogP contribution in [0.25, 0.3) is 0 Å². The minimum absolute atomic E-state index is 0.152. The van der Waals surface area contributed by atoms with Gasteiger partial charge in [-0.25, -0.2) is 13.4 Å². The van der Waals surface area contributed by atoms with Gasteiger partial charge in [-0.1, -0.05) is 0 Å². The Hall–Kier alpha value is -2.40. The minimum atomic E-state index is -3.85. The molecule has 0 amide bonds. The molecule has 1 N–H and O–H groups in total. The number of anilines is 1. The molecule has 2 rings (SSSR count). The minimum Gasteiger partial charge on any atom is -0.274 e. The highest BCUT2D eigenvalue weighted by atomic mass is 32.2. The number of sulfonamides is 1.